The van der Waals surface area contributed by atoms with Crippen LogP contribution >= 0.6 is 0 Å². The van der Waals surface area contributed by atoms with Gasteiger partial charge in [-0.3, -0.25) is 4.79 Å². The van der Waals surface area contributed by atoms with Crippen LogP contribution in [0.15, 0.2) is 17.2 Å². The monoisotopic (exact) mass is 331 g/mol. The van der Waals surface area contributed by atoms with Gasteiger partial charge >= 0.3 is 5.97 Å². The minimum Gasteiger partial charge on any atom is -0.464 e. The lowest BCUT2D eigenvalue weighted by molar-refractivity contribution is -0.120. The van der Waals surface area contributed by atoms with Gasteiger partial charge in [-0.05, 0) is 12.5 Å². The fraction of sp³-hybridized carbons (Fsp3) is 0.538. The Morgan fingerprint density at radius 2 is 2.00 bits per heavy atom. The first-order valence-electron chi connectivity index (χ1n) is 6.83. The molecule has 0 radical (unpaired) electrons. The summed E-state index contributed by atoms with van der Waals surface area (Å²) in [5.74, 6) is -0.837. The van der Waals surface area contributed by atoms with Crippen molar-refractivity contribution in [1.29, 1.82) is 0 Å². The fourth-order valence-electron chi connectivity index (χ4n) is 1.72. The van der Waals surface area contributed by atoms with Gasteiger partial charge in [0.15, 0.2) is 0 Å². The summed E-state index contributed by atoms with van der Waals surface area (Å²) in [6, 6.07) is 1.23. The Morgan fingerprint density at radius 3 is 2.59 bits per heavy atom. The predicted molar refractivity (Wildman–Crippen MR) is 79.9 cm³/mol. The van der Waals surface area contributed by atoms with Gasteiger partial charge in [0, 0.05) is 32.8 Å². The molecule has 0 spiro atoms. The van der Waals surface area contributed by atoms with E-state index >= 15 is 0 Å². The Balaban J connectivity index is 2.67. The number of aryl methyl sites for hydroxylation is 1. The van der Waals surface area contributed by atoms with Crippen molar-refractivity contribution in [3.8, 4) is 0 Å². The number of rotatable bonds is 8. The molecule has 0 atom stereocenters. The van der Waals surface area contributed by atoms with Crippen molar-refractivity contribution in [1.82, 2.24) is 14.6 Å². The summed E-state index contributed by atoms with van der Waals surface area (Å²) in [7, 11) is -1.01. The summed E-state index contributed by atoms with van der Waals surface area (Å²) in [4.78, 5) is 22.8. The van der Waals surface area contributed by atoms with Crippen molar-refractivity contribution in [2.24, 2.45) is 7.05 Å². The first-order valence-corrected chi connectivity index (χ1v) is 8.31. The van der Waals surface area contributed by atoms with Gasteiger partial charge in [-0.15, -0.1) is 0 Å². The van der Waals surface area contributed by atoms with Crippen molar-refractivity contribution < 1.29 is 22.7 Å². The number of amides is 1. The molecule has 0 saturated carbocycles. The van der Waals surface area contributed by atoms with Crippen LogP contribution in [0.4, 0.5) is 0 Å². The smallest absolute Gasteiger partial charge is 0.354 e. The highest BCUT2D eigenvalue weighted by Crippen LogP contribution is 2.14. The molecule has 1 amide bonds. The minimum atomic E-state index is -3.78. The highest BCUT2D eigenvalue weighted by Gasteiger charge is 2.20. The zero-order chi connectivity index (χ0) is 16.8. The number of ether oxygens (including phenoxy) is 1. The lowest BCUT2D eigenvalue weighted by Crippen LogP contribution is -2.31. The van der Waals surface area contributed by atoms with Crippen molar-refractivity contribution in [2.45, 2.75) is 24.7 Å². The topological polar surface area (TPSA) is 106 Å². The molecule has 0 aliphatic heterocycles. The lowest BCUT2D eigenvalue weighted by Gasteiger charge is -2.05. The lowest BCUT2D eigenvalue weighted by atomic mass is 10.4. The first kappa shape index (κ1) is 18.2. The second kappa shape index (κ2) is 7.95. The van der Waals surface area contributed by atoms with E-state index in [0.29, 0.717) is 6.54 Å². The second-order valence-corrected chi connectivity index (χ2v) is 6.43. The molecule has 9 heteroatoms. The Labute approximate surface area is 129 Å². The summed E-state index contributed by atoms with van der Waals surface area (Å²) in [6.45, 7) is 2.48. The molecule has 124 valence electrons. The van der Waals surface area contributed by atoms with E-state index in [2.05, 4.69) is 14.8 Å². The highest BCUT2D eigenvalue weighted by atomic mass is 32.2. The molecule has 1 rings (SSSR count). The van der Waals surface area contributed by atoms with E-state index in [1.54, 1.807) is 7.05 Å². The van der Waals surface area contributed by atoms with Crippen LogP contribution < -0.4 is 10.0 Å². The maximum Gasteiger partial charge on any atom is 0.354 e. The third-order valence-corrected chi connectivity index (χ3v) is 4.33. The van der Waals surface area contributed by atoms with Crippen LogP contribution in [-0.2, 0) is 26.6 Å². The van der Waals surface area contributed by atoms with Gasteiger partial charge < -0.3 is 14.6 Å². The Hall–Kier alpha value is -1.87. The Morgan fingerprint density at radius 1 is 1.32 bits per heavy atom. The van der Waals surface area contributed by atoms with Gasteiger partial charge in [-0.1, -0.05) is 6.92 Å². The van der Waals surface area contributed by atoms with Gasteiger partial charge in [0.25, 0.3) is 0 Å². The van der Waals surface area contributed by atoms with Crippen molar-refractivity contribution >= 4 is 21.9 Å². The number of esters is 1. The first-order chi connectivity index (χ1) is 10.3. The van der Waals surface area contributed by atoms with E-state index in [9.17, 15) is 18.0 Å². The number of nitrogens with zero attached hydrogens (tertiary/aromatic N) is 1. The van der Waals surface area contributed by atoms with Crippen LogP contribution in [0.2, 0.25) is 0 Å². The third-order valence-electron chi connectivity index (χ3n) is 2.90. The van der Waals surface area contributed by atoms with Crippen LogP contribution in [-0.4, -0.2) is 45.1 Å². The van der Waals surface area contributed by atoms with Crippen molar-refractivity contribution in [3.05, 3.63) is 18.0 Å². The van der Waals surface area contributed by atoms with E-state index in [1.165, 1.54) is 23.9 Å². The molecule has 1 heterocycles. The average Bonchev–Trinajstić information content (AvgIpc) is 2.87. The summed E-state index contributed by atoms with van der Waals surface area (Å²) in [6.07, 6.45) is 2.18. The quantitative estimate of drug-likeness (QED) is 0.653. The van der Waals surface area contributed by atoms with Crippen LogP contribution in [0.5, 0.6) is 0 Å². The zero-order valence-corrected chi connectivity index (χ0v) is 13.7. The molecule has 0 aliphatic carbocycles. The van der Waals surface area contributed by atoms with E-state index in [0.717, 1.165) is 6.42 Å². The van der Waals surface area contributed by atoms with E-state index in [-0.39, 0.29) is 29.5 Å². The molecule has 0 unspecified atom stereocenters. The normalized spacial score (nSPS) is 11.2. The number of carbonyl (C=O) groups is 2. The number of sulfonamides is 1. The molecule has 1 aromatic heterocycles. The maximum atomic E-state index is 12.1. The van der Waals surface area contributed by atoms with Crippen molar-refractivity contribution in [2.75, 3.05) is 20.2 Å². The third kappa shape index (κ3) is 4.85. The fourth-order valence-corrected chi connectivity index (χ4v) is 2.82. The average molecular weight is 331 g/mol. The van der Waals surface area contributed by atoms with E-state index < -0.39 is 16.0 Å². The van der Waals surface area contributed by atoms with Gasteiger partial charge in [-0.25, -0.2) is 17.9 Å². The number of nitrogens with one attached hydrogen (secondary N) is 2. The van der Waals surface area contributed by atoms with Crippen LogP contribution in [0, 0.1) is 0 Å². The van der Waals surface area contributed by atoms with Crippen LogP contribution in [0.1, 0.15) is 30.3 Å². The van der Waals surface area contributed by atoms with Gasteiger partial charge in [0.2, 0.25) is 15.9 Å². The van der Waals surface area contributed by atoms with Crippen LogP contribution in [0.25, 0.3) is 0 Å². The molecule has 0 aromatic carbocycles. The Kier molecular flexibility index (Phi) is 6.57. The molecular weight excluding hydrogens is 310 g/mol. The molecule has 22 heavy (non-hydrogen) atoms. The van der Waals surface area contributed by atoms with Gasteiger partial charge in [0.1, 0.15) is 10.6 Å². The number of aromatic nitrogens is 1. The van der Waals surface area contributed by atoms with Crippen LogP contribution in [0.3, 0.4) is 0 Å². The molecule has 8 nitrogen and oxygen atoms in total. The van der Waals surface area contributed by atoms with Gasteiger partial charge in [-0.2, -0.15) is 0 Å². The van der Waals surface area contributed by atoms with Crippen molar-refractivity contribution in [3.63, 3.8) is 0 Å². The molecule has 2 N–H and O–H groups in total. The molecule has 0 bridgehead atoms. The number of carbonyl (C=O) groups excluding carboxylic acids is 2. The maximum absolute atomic E-state index is 12.1. The molecule has 0 saturated heterocycles. The predicted octanol–water partition coefficient (Wildman–Crippen LogP) is 0.00630. The van der Waals surface area contributed by atoms with E-state index in [4.69, 9.17) is 0 Å². The summed E-state index contributed by atoms with van der Waals surface area (Å²) >= 11 is 0. The number of hydrogen-bond acceptors (Lipinski definition) is 5. The molecular formula is C13H21N3O5S. The van der Waals surface area contributed by atoms with Gasteiger partial charge in [0.05, 0.1) is 7.11 Å². The summed E-state index contributed by atoms with van der Waals surface area (Å²) in [5.41, 5.74) is 0.128. The molecule has 0 aliphatic rings. The SMILES string of the molecule is CCCNC(=O)CCNS(=O)(=O)c1cc(C(=O)OC)n(C)c1. The second-order valence-electron chi connectivity index (χ2n) is 4.66. The molecule has 0 fully saturated rings. The number of hydrogen-bond donors (Lipinski definition) is 2. The summed E-state index contributed by atoms with van der Waals surface area (Å²) in [5, 5.41) is 2.66. The van der Waals surface area contributed by atoms with E-state index in [1.807, 2.05) is 6.92 Å². The highest BCUT2D eigenvalue weighted by molar-refractivity contribution is 7.89. The zero-order valence-electron chi connectivity index (χ0n) is 12.9. The molecule has 1 aromatic rings. The Bertz CT molecular complexity index is 636. The summed E-state index contributed by atoms with van der Waals surface area (Å²) < 4.78 is 32.5. The largest absolute Gasteiger partial charge is 0.464 e. The number of methoxy groups -OCH3 is 1. The standard InChI is InChI=1S/C13H21N3O5S/c1-4-6-14-12(17)5-7-15-22(19,20)10-8-11(13(18)21-3)16(2)9-10/h8-9,15H,4-7H2,1-3H3,(H,14,17). The minimum absolute atomic E-state index is 0.0136.